The molecule has 0 rings (SSSR count). The summed E-state index contributed by atoms with van der Waals surface area (Å²) < 4.78 is 26.8. The Bertz CT molecular complexity index is 233. The summed E-state index contributed by atoms with van der Waals surface area (Å²) in [7, 11) is -1.14. The molecule has 0 amide bonds. The van der Waals surface area contributed by atoms with E-state index in [1.54, 1.807) is 7.11 Å². The summed E-state index contributed by atoms with van der Waals surface area (Å²) >= 11 is 0. The first-order chi connectivity index (χ1) is 6.99. The van der Waals surface area contributed by atoms with Crippen molar-refractivity contribution in [2.45, 2.75) is 32.2 Å². The first kappa shape index (κ1) is 14.9. The van der Waals surface area contributed by atoms with Crippen LogP contribution in [-0.2, 0) is 14.6 Å². The molecule has 15 heavy (non-hydrogen) atoms. The predicted molar refractivity (Wildman–Crippen MR) is 62.9 cm³/mol. The monoisotopic (exact) mass is 237 g/mol. The van der Waals surface area contributed by atoms with Gasteiger partial charge in [0, 0.05) is 19.4 Å². The van der Waals surface area contributed by atoms with E-state index < -0.39 is 9.84 Å². The first-order valence-corrected chi connectivity index (χ1v) is 7.45. The van der Waals surface area contributed by atoms with Crippen LogP contribution < -0.4 is 5.32 Å². The molecule has 0 aliphatic carbocycles. The van der Waals surface area contributed by atoms with Crippen molar-refractivity contribution < 1.29 is 13.2 Å². The molecule has 5 heteroatoms. The summed E-state index contributed by atoms with van der Waals surface area (Å²) in [6, 6.07) is 0.347. The molecule has 0 aromatic heterocycles. The Labute approximate surface area is 93.3 Å². The van der Waals surface area contributed by atoms with Crippen molar-refractivity contribution in [3.05, 3.63) is 0 Å². The highest BCUT2D eigenvalue weighted by atomic mass is 32.2. The second-order valence-electron chi connectivity index (χ2n) is 3.88. The van der Waals surface area contributed by atoms with Crippen molar-refractivity contribution in [1.29, 1.82) is 0 Å². The van der Waals surface area contributed by atoms with Crippen LogP contribution >= 0.6 is 0 Å². The Kier molecular flexibility index (Phi) is 8.00. The van der Waals surface area contributed by atoms with Gasteiger partial charge in [0.1, 0.15) is 9.84 Å². The fourth-order valence-corrected chi connectivity index (χ4v) is 2.10. The highest BCUT2D eigenvalue weighted by Gasteiger charge is 2.07. The van der Waals surface area contributed by atoms with Gasteiger partial charge in [-0.3, -0.25) is 0 Å². The maximum absolute atomic E-state index is 10.9. The van der Waals surface area contributed by atoms with Gasteiger partial charge in [-0.25, -0.2) is 8.42 Å². The molecule has 0 aromatic rings. The lowest BCUT2D eigenvalue weighted by Gasteiger charge is -2.16. The van der Waals surface area contributed by atoms with E-state index in [2.05, 4.69) is 12.2 Å². The Hall–Kier alpha value is -0.130. The summed E-state index contributed by atoms with van der Waals surface area (Å²) in [5, 5.41) is 3.30. The van der Waals surface area contributed by atoms with Gasteiger partial charge in [-0.2, -0.15) is 0 Å². The average Bonchev–Trinajstić information content (AvgIpc) is 2.11. The minimum atomic E-state index is -2.82. The lowest BCUT2D eigenvalue weighted by molar-refractivity contribution is 0.162. The second kappa shape index (κ2) is 8.07. The SMILES string of the molecule is CCCC(COC)NCCCS(C)(=O)=O. The van der Waals surface area contributed by atoms with Gasteiger partial charge in [-0.15, -0.1) is 0 Å². The lowest BCUT2D eigenvalue weighted by Crippen LogP contribution is -2.34. The summed E-state index contributed by atoms with van der Waals surface area (Å²) in [4.78, 5) is 0. The first-order valence-electron chi connectivity index (χ1n) is 5.39. The molecule has 0 spiro atoms. The molecule has 1 atom stereocenters. The number of sulfone groups is 1. The third-order valence-electron chi connectivity index (χ3n) is 2.13. The largest absolute Gasteiger partial charge is 0.383 e. The van der Waals surface area contributed by atoms with Crippen LogP contribution in [0.15, 0.2) is 0 Å². The summed E-state index contributed by atoms with van der Waals surface area (Å²) in [5.41, 5.74) is 0. The van der Waals surface area contributed by atoms with E-state index in [1.165, 1.54) is 6.26 Å². The van der Waals surface area contributed by atoms with Gasteiger partial charge in [0.25, 0.3) is 0 Å². The van der Waals surface area contributed by atoms with Crippen LogP contribution in [0.25, 0.3) is 0 Å². The summed E-state index contributed by atoms with van der Waals surface area (Å²) in [5.74, 6) is 0.256. The molecule has 0 saturated carbocycles. The number of rotatable bonds is 9. The highest BCUT2D eigenvalue weighted by Crippen LogP contribution is 1.97. The minimum Gasteiger partial charge on any atom is -0.383 e. The Morgan fingerprint density at radius 2 is 2.07 bits per heavy atom. The van der Waals surface area contributed by atoms with Gasteiger partial charge >= 0.3 is 0 Å². The summed E-state index contributed by atoms with van der Waals surface area (Å²) in [6.45, 7) is 3.55. The van der Waals surface area contributed by atoms with Gasteiger partial charge in [0.2, 0.25) is 0 Å². The van der Waals surface area contributed by atoms with E-state index in [0.717, 1.165) is 19.4 Å². The Morgan fingerprint density at radius 1 is 1.40 bits per heavy atom. The van der Waals surface area contributed by atoms with Gasteiger partial charge < -0.3 is 10.1 Å². The molecular formula is C10H23NO3S. The number of methoxy groups -OCH3 is 1. The van der Waals surface area contributed by atoms with Crippen LogP contribution in [0.4, 0.5) is 0 Å². The molecule has 1 unspecified atom stereocenters. The molecule has 0 radical (unpaired) electrons. The number of hydrogen-bond acceptors (Lipinski definition) is 4. The fraction of sp³-hybridized carbons (Fsp3) is 1.00. The smallest absolute Gasteiger partial charge is 0.147 e. The zero-order valence-corrected chi connectivity index (χ0v) is 10.8. The van der Waals surface area contributed by atoms with Crippen molar-refractivity contribution in [2.75, 3.05) is 32.3 Å². The number of hydrogen-bond donors (Lipinski definition) is 1. The highest BCUT2D eigenvalue weighted by molar-refractivity contribution is 7.90. The van der Waals surface area contributed by atoms with Crippen LogP contribution in [0.2, 0.25) is 0 Å². The Morgan fingerprint density at radius 3 is 2.53 bits per heavy atom. The van der Waals surface area contributed by atoms with Crippen molar-refractivity contribution in [2.24, 2.45) is 0 Å². The molecule has 0 aliphatic rings. The molecule has 1 N–H and O–H groups in total. The summed E-state index contributed by atoms with van der Waals surface area (Å²) in [6.07, 6.45) is 4.11. The molecule has 0 heterocycles. The van der Waals surface area contributed by atoms with Crippen LogP contribution in [0.1, 0.15) is 26.2 Å². The Balaban J connectivity index is 3.61. The standard InChI is InChI=1S/C10H23NO3S/c1-4-6-10(9-14-2)11-7-5-8-15(3,12)13/h10-11H,4-9H2,1-3H3. The van der Waals surface area contributed by atoms with Gasteiger partial charge in [0.15, 0.2) is 0 Å². The van der Waals surface area contributed by atoms with E-state index in [0.29, 0.717) is 19.1 Å². The molecule has 0 aliphatic heterocycles. The van der Waals surface area contributed by atoms with Crippen LogP contribution in [0.5, 0.6) is 0 Å². The molecule has 0 fully saturated rings. The normalized spacial score (nSPS) is 14.1. The van der Waals surface area contributed by atoms with E-state index in [1.807, 2.05) is 0 Å². The predicted octanol–water partition coefficient (Wildman–Crippen LogP) is 0.826. The van der Waals surface area contributed by atoms with E-state index in [4.69, 9.17) is 4.74 Å². The van der Waals surface area contributed by atoms with Crippen molar-refractivity contribution in [3.8, 4) is 0 Å². The minimum absolute atomic E-state index is 0.256. The third kappa shape index (κ3) is 10.2. The second-order valence-corrected chi connectivity index (χ2v) is 6.14. The van der Waals surface area contributed by atoms with Crippen molar-refractivity contribution >= 4 is 9.84 Å². The number of ether oxygens (including phenoxy) is 1. The zero-order valence-electron chi connectivity index (χ0n) is 9.95. The maximum atomic E-state index is 10.9. The molecule has 0 bridgehead atoms. The fourth-order valence-electron chi connectivity index (χ4n) is 1.43. The van der Waals surface area contributed by atoms with E-state index >= 15 is 0 Å². The average molecular weight is 237 g/mol. The third-order valence-corrected chi connectivity index (χ3v) is 3.16. The van der Waals surface area contributed by atoms with Gasteiger partial charge in [-0.1, -0.05) is 13.3 Å². The quantitative estimate of drug-likeness (QED) is 0.603. The zero-order chi connectivity index (χ0) is 11.7. The van der Waals surface area contributed by atoms with Crippen LogP contribution in [0, 0.1) is 0 Å². The maximum Gasteiger partial charge on any atom is 0.147 e. The molecule has 92 valence electrons. The topological polar surface area (TPSA) is 55.4 Å². The number of nitrogens with one attached hydrogen (secondary N) is 1. The molecular weight excluding hydrogens is 214 g/mol. The van der Waals surface area contributed by atoms with E-state index in [9.17, 15) is 8.42 Å². The van der Waals surface area contributed by atoms with Crippen LogP contribution in [-0.4, -0.2) is 46.7 Å². The molecule has 0 aromatic carbocycles. The van der Waals surface area contributed by atoms with Gasteiger partial charge in [-0.05, 0) is 19.4 Å². The van der Waals surface area contributed by atoms with Gasteiger partial charge in [0.05, 0.1) is 12.4 Å². The van der Waals surface area contributed by atoms with Crippen molar-refractivity contribution in [1.82, 2.24) is 5.32 Å². The van der Waals surface area contributed by atoms with Crippen LogP contribution in [0.3, 0.4) is 0 Å². The van der Waals surface area contributed by atoms with E-state index in [-0.39, 0.29) is 5.75 Å². The molecule has 4 nitrogen and oxygen atoms in total. The van der Waals surface area contributed by atoms with Crippen molar-refractivity contribution in [3.63, 3.8) is 0 Å². The molecule has 0 saturated heterocycles. The lowest BCUT2D eigenvalue weighted by atomic mass is 10.2.